The highest BCUT2D eigenvalue weighted by Crippen LogP contribution is 2.18. The first kappa shape index (κ1) is 67.1. The van der Waals surface area contributed by atoms with Crippen molar-refractivity contribution in [2.24, 2.45) is 0 Å². The molecule has 6 nitrogen and oxygen atoms in total. The Morgan fingerprint density at radius 3 is 0.725 bits per heavy atom. The first-order valence-corrected chi connectivity index (χ1v) is 31.2. The summed E-state index contributed by atoms with van der Waals surface area (Å²) >= 11 is 0. The van der Waals surface area contributed by atoms with Gasteiger partial charge in [-0.2, -0.15) is 0 Å². The molecule has 0 aliphatic heterocycles. The van der Waals surface area contributed by atoms with Crippen LogP contribution >= 0.6 is 0 Å². The summed E-state index contributed by atoms with van der Waals surface area (Å²) in [5, 5.41) is 0. The monoisotopic (exact) mass is 973 g/mol. The number of rotatable bonds is 58. The molecule has 0 aliphatic carbocycles. The van der Waals surface area contributed by atoms with Crippen molar-refractivity contribution >= 4 is 17.9 Å². The van der Waals surface area contributed by atoms with Gasteiger partial charge in [-0.25, -0.2) is 0 Å². The maximum atomic E-state index is 12.8. The molecule has 0 spiro atoms. The van der Waals surface area contributed by atoms with Crippen LogP contribution in [0.2, 0.25) is 0 Å². The highest BCUT2D eigenvalue weighted by atomic mass is 16.6. The quantitative estimate of drug-likeness (QED) is 0.0261. The van der Waals surface area contributed by atoms with E-state index in [1.165, 1.54) is 250 Å². The Hall–Kier alpha value is -1.85. The lowest BCUT2D eigenvalue weighted by Crippen LogP contribution is -2.30. The normalized spacial score (nSPS) is 12.0. The zero-order valence-corrected chi connectivity index (χ0v) is 46.9. The average molecular weight is 974 g/mol. The van der Waals surface area contributed by atoms with Gasteiger partial charge in [0.1, 0.15) is 13.2 Å². The van der Waals surface area contributed by atoms with Crippen LogP contribution in [0.3, 0.4) is 0 Å². The summed E-state index contributed by atoms with van der Waals surface area (Å²) in [5.41, 5.74) is 0. The largest absolute Gasteiger partial charge is 0.462 e. The zero-order valence-electron chi connectivity index (χ0n) is 46.9. The molecule has 0 aromatic heterocycles. The topological polar surface area (TPSA) is 78.9 Å². The molecule has 0 amide bonds. The van der Waals surface area contributed by atoms with Gasteiger partial charge in [-0.05, 0) is 44.9 Å². The molecule has 0 saturated carbocycles. The van der Waals surface area contributed by atoms with Crippen LogP contribution in [0, 0.1) is 0 Å². The molecule has 0 aliphatic rings. The van der Waals surface area contributed by atoms with Gasteiger partial charge in [0.05, 0.1) is 0 Å². The predicted octanol–water partition coefficient (Wildman–Crippen LogP) is 20.9. The summed E-state index contributed by atoms with van der Waals surface area (Å²) in [4.78, 5) is 37.9. The van der Waals surface area contributed by atoms with Crippen molar-refractivity contribution in [3.63, 3.8) is 0 Å². The average Bonchev–Trinajstić information content (AvgIpc) is 3.35. The number of esters is 3. The summed E-state index contributed by atoms with van der Waals surface area (Å²) in [5.74, 6) is -0.865. The third kappa shape index (κ3) is 56.9. The van der Waals surface area contributed by atoms with Gasteiger partial charge < -0.3 is 14.2 Å². The van der Waals surface area contributed by atoms with Gasteiger partial charge in [0, 0.05) is 19.3 Å². The minimum Gasteiger partial charge on any atom is -0.462 e. The van der Waals surface area contributed by atoms with Gasteiger partial charge in [0.25, 0.3) is 0 Å². The minimum atomic E-state index is -0.767. The van der Waals surface area contributed by atoms with Crippen molar-refractivity contribution in [2.45, 2.75) is 361 Å². The zero-order chi connectivity index (χ0) is 50.0. The van der Waals surface area contributed by atoms with Crippen molar-refractivity contribution in [1.82, 2.24) is 0 Å². The van der Waals surface area contributed by atoms with Crippen molar-refractivity contribution in [3.05, 3.63) is 12.2 Å². The van der Waals surface area contributed by atoms with E-state index in [0.717, 1.165) is 64.2 Å². The molecule has 408 valence electrons. The molecular formula is C63H120O6. The maximum Gasteiger partial charge on any atom is 0.306 e. The van der Waals surface area contributed by atoms with E-state index in [9.17, 15) is 14.4 Å². The van der Waals surface area contributed by atoms with Crippen LogP contribution in [0.5, 0.6) is 0 Å². The Balaban J connectivity index is 3.96. The van der Waals surface area contributed by atoms with Crippen molar-refractivity contribution in [1.29, 1.82) is 0 Å². The fraction of sp³-hybridized carbons (Fsp3) is 0.921. The predicted molar refractivity (Wildman–Crippen MR) is 298 cm³/mol. The smallest absolute Gasteiger partial charge is 0.306 e. The number of hydrogen-bond acceptors (Lipinski definition) is 6. The molecule has 0 rings (SSSR count). The van der Waals surface area contributed by atoms with Crippen molar-refractivity contribution in [3.8, 4) is 0 Å². The summed E-state index contributed by atoms with van der Waals surface area (Å²) in [7, 11) is 0. The van der Waals surface area contributed by atoms with Crippen LogP contribution in [0.25, 0.3) is 0 Å². The fourth-order valence-electron chi connectivity index (χ4n) is 9.56. The second kappa shape index (κ2) is 58.7. The van der Waals surface area contributed by atoms with Gasteiger partial charge >= 0.3 is 17.9 Å². The molecule has 0 aromatic rings. The number of unbranched alkanes of at least 4 members (excludes halogenated alkanes) is 45. The molecule has 0 aromatic carbocycles. The number of carbonyl (C=O) groups is 3. The molecule has 0 fully saturated rings. The van der Waals surface area contributed by atoms with Gasteiger partial charge in [-0.1, -0.05) is 303 Å². The highest BCUT2D eigenvalue weighted by molar-refractivity contribution is 5.71. The number of hydrogen-bond donors (Lipinski definition) is 0. The Morgan fingerprint density at radius 1 is 0.275 bits per heavy atom. The molecule has 69 heavy (non-hydrogen) atoms. The van der Waals surface area contributed by atoms with Crippen molar-refractivity contribution < 1.29 is 28.6 Å². The molecule has 1 unspecified atom stereocenters. The number of carbonyl (C=O) groups excluding carboxylic acids is 3. The van der Waals surface area contributed by atoms with Gasteiger partial charge in [-0.3, -0.25) is 14.4 Å². The first-order chi connectivity index (χ1) is 34.0. The SMILES string of the molecule is CCCCCCCCC/C=C\CCCCCCCC(=O)OC(COC(=O)CCCCCCCC)COC(=O)CCCCCCCCCCCCCCCCCCCCCCCCCCCCCCC. The summed E-state index contributed by atoms with van der Waals surface area (Å²) in [6.45, 7) is 6.63. The van der Waals surface area contributed by atoms with Gasteiger partial charge in [0.2, 0.25) is 0 Å². The Kier molecular flexibility index (Phi) is 57.1. The van der Waals surface area contributed by atoms with Gasteiger partial charge in [0.15, 0.2) is 6.10 Å². The summed E-state index contributed by atoms with van der Waals surface area (Å²) in [6, 6.07) is 0. The molecule has 0 radical (unpaired) electrons. The molecule has 0 heterocycles. The standard InChI is InChI=1S/C63H120O6/c1-4-7-10-13-16-18-20-22-24-26-27-28-29-30-31-32-33-34-35-36-37-38-40-41-43-45-47-50-53-56-62(65)68-59-60(58-67-61(64)55-52-49-15-12-9-6-3)69-63(66)57-54-51-48-46-44-42-39-25-23-21-19-17-14-11-8-5-2/h25,39,60H,4-24,26-38,40-59H2,1-3H3/b39-25-. The van der Waals surface area contributed by atoms with Crippen LogP contribution in [0.1, 0.15) is 355 Å². The van der Waals surface area contributed by atoms with E-state index in [0.29, 0.717) is 19.3 Å². The van der Waals surface area contributed by atoms with E-state index >= 15 is 0 Å². The van der Waals surface area contributed by atoms with Crippen molar-refractivity contribution in [2.75, 3.05) is 13.2 Å². The Bertz CT molecular complexity index is 1070. The van der Waals surface area contributed by atoms with E-state index in [1.807, 2.05) is 0 Å². The lowest BCUT2D eigenvalue weighted by Gasteiger charge is -2.18. The van der Waals surface area contributed by atoms with Crippen LogP contribution < -0.4 is 0 Å². The molecule has 6 heteroatoms. The Morgan fingerprint density at radius 2 is 0.478 bits per heavy atom. The number of allylic oxidation sites excluding steroid dienone is 2. The molecular weight excluding hydrogens is 853 g/mol. The van der Waals surface area contributed by atoms with E-state index < -0.39 is 6.10 Å². The minimum absolute atomic E-state index is 0.0685. The summed E-state index contributed by atoms with van der Waals surface area (Å²) in [6.07, 6.45) is 68.4. The van der Waals surface area contributed by atoms with E-state index in [2.05, 4.69) is 32.9 Å². The number of ether oxygens (including phenoxy) is 3. The lowest BCUT2D eigenvalue weighted by molar-refractivity contribution is -0.167. The molecule has 1 atom stereocenters. The third-order valence-corrected chi connectivity index (χ3v) is 14.3. The lowest BCUT2D eigenvalue weighted by atomic mass is 10.0. The summed E-state index contributed by atoms with van der Waals surface area (Å²) < 4.78 is 16.8. The van der Waals surface area contributed by atoms with Gasteiger partial charge in [-0.15, -0.1) is 0 Å². The van der Waals surface area contributed by atoms with Crippen LogP contribution in [0.15, 0.2) is 12.2 Å². The second-order valence-corrected chi connectivity index (χ2v) is 21.3. The molecule has 0 N–H and O–H groups in total. The Labute approximate surface area is 431 Å². The third-order valence-electron chi connectivity index (χ3n) is 14.3. The fourth-order valence-corrected chi connectivity index (χ4v) is 9.56. The van der Waals surface area contributed by atoms with Crippen LogP contribution in [0.4, 0.5) is 0 Å². The van der Waals surface area contributed by atoms with Crippen LogP contribution in [-0.4, -0.2) is 37.2 Å². The highest BCUT2D eigenvalue weighted by Gasteiger charge is 2.19. The van der Waals surface area contributed by atoms with E-state index in [4.69, 9.17) is 14.2 Å². The van der Waals surface area contributed by atoms with Crippen LogP contribution in [-0.2, 0) is 28.6 Å². The second-order valence-electron chi connectivity index (χ2n) is 21.3. The van der Waals surface area contributed by atoms with E-state index in [1.54, 1.807) is 0 Å². The molecule has 0 bridgehead atoms. The first-order valence-electron chi connectivity index (χ1n) is 31.2. The van der Waals surface area contributed by atoms with E-state index in [-0.39, 0.29) is 31.1 Å². The molecule has 0 saturated heterocycles. The maximum absolute atomic E-state index is 12.8.